The van der Waals surface area contributed by atoms with Crippen molar-refractivity contribution in [3.63, 3.8) is 0 Å². The van der Waals surface area contributed by atoms with Crippen LogP contribution in [0.3, 0.4) is 0 Å². The molecule has 1 rings (SSSR count). The molecule has 228 valence electrons. The molecule has 0 saturated heterocycles. The number of unbranched alkanes of at least 4 members (excludes halogenated alkanes) is 8. The van der Waals surface area contributed by atoms with Gasteiger partial charge < -0.3 is 23.8 Å². The van der Waals surface area contributed by atoms with E-state index in [1.807, 2.05) is 32.3 Å². The lowest BCUT2D eigenvalue weighted by atomic mass is 10.1. The van der Waals surface area contributed by atoms with E-state index in [0.717, 1.165) is 68.2 Å². The minimum atomic E-state index is -0.247. The Morgan fingerprint density at radius 1 is 0.600 bits per heavy atom. The summed E-state index contributed by atoms with van der Waals surface area (Å²) in [5, 5.41) is 0. The third-order valence-corrected chi connectivity index (χ3v) is 6.41. The molecule has 0 amide bonds. The van der Waals surface area contributed by atoms with Crippen LogP contribution in [0.5, 0.6) is 0 Å². The summed E-state index contributed by atoms with van der Waals surface area (Å²) >= 11 is 0. The van der Waals surface area contributed by atoms with Gasteiger partial charge in [-0.05, 0) is 75.4 Å². The van der Waals surface area contributed by atoms with E-state index >= 15 is 0 Å². The number of rotatable bonds is 24. The highest BCUT2D eigenvalue weighted by molar-refractivity contribution is 5.70. The first-order valence-corrected chi connectivity index (χ1v) is 15.1. The smallest absolute Gasteiger partial charge is 0.306 e. The Morgan fingerprint density at radius 2 is 1.05 bits per heavy atom. The van der Waals surface area contributed by atoms with Crippen LogP contribution in [-0.2, 0) is 53.1 Å². The monoisotopic (exact) mass is 563 g/mol. The highest BCUT2D eigenvalue weighted by Gasteiger charge is 2.10. The molecule has 0 heterocycles. The van der Waals surface area contributed by atoms with E-state index in [9.17, 15) is 14.4 Å². The highest BCUT2D eigenvalue weighted by atomic mass is 16.5. The molecular formula is C32H53NO7. The number of hydrogen-bond acceptors (Lipinski definition) is 8. The van der Waals surface area contributed by atoms with E-state index in [4.69, 9.17) is 18.9 Å². The normalized spacial score (nSPS) is 11.0. The molecule has 0 bridgehead atoms. The van der Waals surface area contributed by atoms with Crippen molar-refractivity contribution in [2.75, 3.05) is 34.4 Å². The third-order valence-electron chi connectivity index (χ3n) is 6.41. The van der Waals surface area contributed by atoms with Gasteiger partial charge in [0.25, 0.3) is 0 Å². The lowest BCUT2D eigenvalue weighted by molar-refractivity contribution is -0.146. The Balaban J connectivity index is 2.35. The Morgan fingerprint density at radius 3 is 1.55 bits per heavy atom. The Bertz CT molecular complexity index is 841. The molecule has 40 heavy (non-hydrogen) atoms. The first kappa shape index (κ1) is 35.6. The molecule has 0 aromatic heterocycles. The second kappa shape index (κ2) is 23.3. The van der Waals surface area contributed by atoms with Crippen molar-refractivity contribution in [3.05, 3.63) is 34.9 Å². The van der Waals surface area contributed by atoms with Crippen LogP contribution in [0.15, 0.2) is 18.2 Å². The van der Waals surface area contributed by atoms with Crippen molar-refractivity contribution in [1.29, 1.82) is 0 Å². The van der Waals surface area contributed by atoms with Gasteiger partial charge in [0.2, 0.25) is 0 Å². The molecular weight excluding hydrogens is 510 g/mol. The number of esters is 3. The molecule has 8 nitrogen and oxygen atoms in total. The maximum Gasteiger partial charge on any atom is 0.306 e. The van der Waals surface area contributed by atoms with E-state index in [-0.39, 0.29) is 31.1 Å². The second-order valence-corrected chi connectivity index (χ2v) is 10.7. The van der Waals surface area contributed by atoms with Crippen molar-refractivity contribution in [2.45, 2.75) is 117 Å². The Hall–Kier alpha value is -2.45. The predicted molar refractivity (Wildman–Crippen MR) is 157 cm³/mol. The average Bonchev–Trinajstić information content (AvgIpc) is 2.92. The van der Waals surface area contributed by atoms with E-state index in [2.05, 4.69) is 11.8 Å². The fourth-order valence-corrected chi connectivity index (χ4v) is 4.31. The number of hydrogen-bond donors (Lipinski definition) is 0. The van der Waals surface area contributed by atoms with Crippen LogP contribution in [0.1, 0.15) is 114 Å². The lowest BCUT2D eigenvalue weighted by Crippen LogP contribution is -2.12. The zero-order valence-corrected chi connectivity index (χ0v) is 25.5. The van der Waals surface area contributed by atoms with Crippen LogP contribution in [0.25, 0.3) is 0 Å². The minimum Gasteiger partial charge on any atom is -0.466 e. The summed E-state index contributed by atoms with van der Waals surface area (Å²) in [5.74, 6) is -0.580. The fourth-order valence-electron chi connectivity index (χ4n) is 4.31. The number of carbonyl (C=O) groups excluding carboxylic acids is 3. The molecule has 0 saturated carbocycles. The molecule has 1 aromatic carbocycles. The maximum absolute atomic E-state index is 12.3. The molecule has 0 N–H and O–H groups in total. The Kier molecular flexibility index (Phi) is 20.7. The molecule has 0 aliphatic rings. The fraction of sp³-hybridized carbons (Fsp3) is 0.719. The average molecular weight is 564 g/mol. The number of methoxy groups -OCH3 is 1. The van der Waals surface area contributed by atoms with Gasteiger partial charge in [0.05, 0.1) is 6.61 Å². The van der Waals surface area contributed by atoms with Gasteiger partial charge in [0.15, 0.2) is 0 Å². The summed E-state index contributed by atoms with van der Waals surface area (Å²) in [7, 11) is 5.66. The largest absolute Gasteiger partial charge is 0.466 e. The number of nitrogens with zero attached hydrogens (tertiary/aromatic N) is 1. The summed E-state index contributed by atoms with van der Waals surface area (Å²) in [6.07, 6.45) is 11.7. The highest BCUT2D eigenvalue weighted by Crippen LogP contribution is 2.16. The Labute approximate surface area is 242 Å². The van der Waals surface area contributed by atoms with Gasteiger partial charge in [-0.1, -0.05) is 51.2 Å². The van der Waals surface area contributed by atoms with Gasteiger partial charge in [-0.2, -0.15) is 0 Å². The van der Waals surface area contributed by atoms with Crippen LogP contribution < -0.4 is 0 Å². The van der Waals surface area contributed by atoms with Crippen LogP contribution in [0, 0.1) is 0 Å². The van der Waals surface area contributed by atoms with Gasteiger partial charge in [0, 0.05) is 39.5 Å². The van der Waals surface area contributed by atoms with Crippen LogP contribution in [0.4, 0.5) is 0 Å². The van der Waals surface area contributed by atoms with Crippen molar-refractivity contribution >= 4 is 17.9 Å². The summed E-state index contributed by atoms with van der Waals surface area (Å²) < 4.78 is 21.3. The maximum atomic E-state index is 12.3. The summed E-state index contributed by atoms with van der Waals surface area (Å²) in [6.45, 7) is 4.39. The molecule has 0 aliphatic carbocycles. The molecule has 0 atom stereocenters. The summed E-state index contributed by atoms with van der Waals surface area (Å²) in [5.41, 5.74) is 2.83. The van der Waals surface area contributed by atoms with E-state index in [1.165, 1.54) is 19.3 Å². The lowest BCUT2D eigenvalue weighted by Gasteiger charge is -2.14. The first-order valence-electron chi connectivity index (χ1n) is 15.1. The minimum absolute atomic E-state index is 0.125. The van der Waals surface area contributed by atoms with Crippen molar-refractivity contribution in [1.82, 2.24) is 4.90 Å². The van der Waals surface area contributed by atoms with E-state index in [0.29, 0.717) is 38.9 Å². The predicted octanol–water partition coefficient (Wildman–Crippen LogP) is 6.51. The standard InChI is InChI=1S/C32H53NO7/c1-5-6-7-8-11-16-30(34)38-20-15-10-13-18-32(36)40-26-29-22-27(24-33(2)3)21-28(23-29)25-39-31(35)17-12-9-14-19-37-4/h21-23H,5-20,24-26H2,1-4H3. The SMILES string of the molecule is CCCCCCCC(=O)OCCCCCC(=O)OCc1cc(COC(=O)CCCCCOC)cc(CN(C)C)c1. The van der Waals surface area contributed by atoms with Crippen molar-refractivity contribution < 1.29 is 33.3 Å². The van der Waals surface area contributed by atoms with Crippen LogP contribution in [-0.4, -0.2) is 57.2 Å². The zero-order chi connectivity index (χ0) is 29.4. The quantitative estimate of drug-likeness (QED) is 0.0799. The molecule has 8 heteroatoms. The summed E-state index contributed by atoms with van der Waals surface area (Å²) in [6, 6.07) is 5.97. The molecule has 0 unspecified atom stereocenters. The van der Waals surface area contributed by atoms with Crippen LogP contribution >= 0.6 is 0 Å². The van der Waals surface area contributed by atoms with Gasteiger partial charge in [-0.15, -0.1) is 0 Å². The molecule has 0 aliphatic heterocycles. The third kappa shape index (κ3) is 19.6. The number of benzene rings is 1. The molecule has 0 radical (unpaired) electrons. The van der Waals surface area contributed by atoms with E-state index < -0.39 is 0 Å². The van der Waals surface area contributed by atoms with Crippen molar-refractivity contribution in [2.24, 2.45) is 0 Å². The first-order chi connectivity index (χ1) is 19.3. The van der Waals surface area contributed by atoms with Gasteiger partial charge in [0.1, 0.15) is 13.2 Å². The van der Waals surface area contributed by atoms with Gasteiger partial charge >= 0.3 is 17.9 Å². The van der Waals surface area contributed by atoms with Gasteiger partial charge in [-0.3, -0.25) is 14.4 Å². The van der Waals surface area contributed by atoms with Gasteiger partial charge in [-0.25, -0.2) is 0 Å². The molecule has 1 aromatic rings. The van der Waals surface area contributed by atoms with Crippen LogP contribution in [0.2, 0.25) is 0 Å². The molecule has 0 fully saturated rings. The topological polar surface area (TPSA) is 91.4 Å². The molecule has 0 spiro atoms. The summed E-state index contributed by atoms with van der Waals surface area (Å²) in [4.78, 5) is 38.2. The second-order valence-electron chi connectivity index (χ2n) is 10.7. The van der Waals surface area contributed by atoms with Crippen molar-refractivity contribution in [3.8, 4) is 0 Å². The zero-order valence-electron chi connectivity index (χ0n) is 25.5. The number of carbonyl (C=O) groups is 3. The van der Waals surface area contributed by atoms with E-state index in [1.54, 1.807) is 7.11 Å². The number of ether oxygens (including phenoxy) is 4.